The highest BCUT2D eigenvalue weighted by molar-refractivity contribution is 5.97. The molecule has 0 saturated carbocycles. The van der Waals surface area contributed by atoms with Gasteiger partial charge in [-0.25, -0.2) is 4.39 Å². The molecule has 4 heterocycles. The lowest BCUT2D eigenvalue weighted by atomic mass is 9.91. The first-order chi connectivity index (χ1) is 18.2. The standard InChI is InChI=1S/C30H42FN5O2/c1-21-17-35(26(16-32-21)9-10-34-11-12-38-19-22(34)2)18-28(37)36-20-30(3,4)29-27(36)14-24(15-33-29)13-23-5-7-25(31)8-6-23/h5-8,14-15,21-22,26,32H,9-13,16-20H2,1-4H3/t21-,22-,26+/m1/s1. The maximum Gasteiger partial charge on any atom is 0.241 e. The first-order valence-corrected chi connectivity index (χ1v) is 14.0. The normalized spacial score (nSPS) is 25.9. The third kappa shape index (κ3) is 6.09. The number of pyridine rings is 1. The molecule has 0 bridgehead atoms. The molecule has 0 aliphatic carbocycles. The number of aromatic nitrogens is 1. The Morgan fingerprint density at radius 2 is 1.97 bits per heavy atom. The van der Waals surface area contributed by atoms with Crippen LogP contribution in [0.15, 0.2) is 36.5 Å². The Morgan fingerprint density at radius 1 is 1.18 bits per heavy atom. The molecule has 1 aromatic heterocycles. The summed E-state index contributed by atoms with van der Waals surface area (Å²) >= 11 is 0. The Morgan fingerprint density at radius 3 is 2.74 bits per heavy atom. The van der Waals surface area contributed by atoms with Gasteiger partial charge in [0.15, 0.2) is 0 Å². The van der Waals surface area contributed by atoms with Crippen LogP contribution in [0.4, 0.5) is 10.1 Å². The summed E-state index contributed by atoms with van der Waals surface area (Å²) in [6.45, 7) is 15.1. The molecule has 2 saturated heterocycles. The van der Waals surface area contributed by atoms with Crippen LogP contribution in [0.5, 0.6) is 0 Å². The van der Waals surface area contributed by atoms with Gasteiger partial charge in [0.2, 0.25) is 5.91 Å². The van der Waals surface area contributed by atoms with Crippen LogP contribution in [0.25, 0.3) is 0 Å². The maximum atomic E-state index is 13.8. The van der Waals surface area contributed by atoms with E-state index in [2.05, 4.69) is 48.9 Å². The summed E-state index contributed by atoms with van der Waals surface area (Å²) in [6.07, 6.45) is 3.59. The molecule has 8 heteroatoms. The predicted molar refractivity (Wildman–Crippen MR) is 148 cm³/mol. The van der Waals surface area contributed by atoms with Crippen molar-refractivity contribution in [1.82, 2.24) is 20.1 Å². The molecule has 3 aliphatic heterocycles. The van der Waals surface area contributed by atoms with E-state index in [0.29, 0.717) is 37.6 Å². The number of carbonyl (C=O) groups is 1. The van der Waals surface area contributed by atoms with Gasteiger partial charge in [-0.15, -0.1) is 0 Å². The van der Waals surface area contributed by atoms with Crippen LogP contribution >= 0.6 is 0 Å². The van der Waals surface area contributed by atoms with Gasteiger partial charge < -0.3 is 15.0 Å². The summed E-state index contributed by atoms with van der Waals surface area (Å²) in [5, 5.41) is 3.62. The molecule has 1 aromatic carbocycles. The van der Waals surface area contributed by atoms with E-state index in [1.54, 1.807) is 12.1 Å². The summed E-state index contributed by atoms with van der Waals surface area (Å²) in [6, 6.07) is 9.80. The number of rotatable bonds is 7. The molecule has 3 atom stereocenters. The van der Waals surface area contributed by atoms with E-state index >= 15 is 0 Å². The molecule has 2 aromatic rings. The van der Waals surface area contributed by atoms with E-state index in [1.807, 2.05) is 11.1 Å². The average molecular weight is 524 g/mol. The zero-order valence-corrected chi connectivity index (χ0v) is 23.3. The van der Waals surface area contributed by atoms with Crippen molar-refractivity contribution >= 4 is 11.6 Å². The topological polar surface area (TPSA) is 60.9 Å². The summed E-state index contributed by atoms with van der Waals surface area (Å²) in [7, 11) is 0. The number of amides is 1. The number of fused-ring (bicyclic) bond motifs is 1. The molecule has 2 fully saturated rings. The monoisotopic (exact) mass is 523 g/mol. The molecule has 0 spiro atoms. The number of morpholine rings is 1. The minimum absolute atomic E-state index is 0.136. The number of hydrogen-bond acceptors (Lipinski definition) is 6. The number of ether oxygens (including phenoxy) is 1. The van der Waals surface area contributed by atoms with Crippen molar-refractivity contribution in [2.24, 2.45) is 0 Å². The van der Waals surface area contributed by atoms with Gasteiger partial charge in [-0.2, -0.15) is 0 Å². The lowest BCUT2D eigenvalue weighted by Crippen LogP contribution is -2.58. The minimum atomic E-state index is -0.237. The SMILES string of the molecule is C[C@@H]1CN(CC(=O)N2CC(C)(C)c3ncc(Cc4ccc(F)cc4)cc32)[C@@H](CCN2CCOC[C@H]2C)CN1. The van der Waals surface area contributed by atoms with Gasteiger partial charge in [0, 0.05) is 62.5 Å². The smallest absolute Gasteiger partial charge is 0.241 e. The zero-order chi connectivity index (χ0) is 26.9. The highest BCUT2D eigenvalue weighted by Crippen LogP contribution is 2.39. The zero-order valence-electron chi connectivity index (χ0n) is 23.3. The van der Waals surface area contributed by atoms with Gasteiger partial charge in [0.1, 0.15) is 5.82 Å². The molecular formula is C30H42FN5O2. The lowest BCUT2D eigenvalue weighted by Gasteiger charge is -2.41. The molecule has 0 unspecified atom stereocenters. The van der Waals surface area contributed by atoms with Crippen molar-refractivity contribution in [2.75, 3.05) is 57.4 Å². The quantitative estimate of drug-likeness (QED) is 0.602. The maximum absolute atomic E-state index is 13.8. The number of nitrogens with zero attached hydrogens (tertiary/aromatic N) is 4. The van der Waals surface area contributed by atoms with Crippen molar-refractivity contribution in [3.05, 3.63) is 59.2 Å². The Labute approximate surface area is 226 Å². The molecular weight excluding hydrogens is 481 g/mol. The van der Waals surface area contributed by atoms with Crippen molar-refractivity contribution in [3.8, 4) is 0 Å². The molecule has 3 aliphatic rings. The summed E-state index contributed by atoms with van der Waals surface area (Å²) < 4.78 is 19.0. The number of hydrogen-bond donors (Lipinski definition) is 1. The van der Waals surface area contributed by atoms with Crippen molar-refractivity contribution in [2.45, 2.75) is 64.1 Å². The molecule has 1 amide bonds. The van der Waals surface area contributed by atoms with Gasteiger partial charge in [0.25, 0.3) is 0 Å². The summed E-state index contributed by atoms with van der Waals surface area (Å²) in [4.78, 5) is 25.5. The average Bonchev–Trinajstić information content (AvgIpc) is 3.16. The molecule has 38 heavy (non-hydrogen) atoms. The molecule has 5 rings (SSSR count). The van der Waals surface area contributed by atoms with E-state index in [9.17, 15) is 9.18 Å². The Balaban J connectivity index is 1.29. The number of carbonyl (C=O) groups excluding carboxylic acids is 1. The highest BCUT2D eigenvalue weighted by Gasteiger charge is 2.40. The fourth-order valence-electron chi connectivity index (χ4n) is 6.11. The van der Waals surface area contributed by atoms with Crippen molar-refractivity contribution in [3.63, 3.8) is 0 Å². The van der Waals surface area contributed by atoms with Crippen LogP contribution in [0.3, 0.4) is 0 Å². The van der Waals surface area contributed by atoms with Crippen LogP contribution in [0.2, 0.25) is 0 Å². The fourth-order valence-corrected chi connectivity index (χ4v) is 6.11. The summed E-state index contributed by atoms with van der Waals surface area (Å²) in [5.74, 6) is -0.101. The lowest BCUT2D eigenvalue weighted by molar-refractivity contribution is -0.120. The van der Waals surface area contributed by atoms with E-state index in [-0.39, 0.29) is 17.1 Å². The van der Waals surface area contributed by atoms with E-state index in [4.69, 9.17) is 9.72 Å². The molecule has 1 N–H and O–H groups in total. The van der Waals surface area contributed by atoms with Crippen LogP contribution in [-0.2, 0) is 21.4 Å². The second-order valence-corrected chi connectivity index (χ2v) is 12.0. The number of piperazine rings is 1. The van der Waals surface area contributed by atoms with Crippen LogP contribution in [0, 0.1) is 5.82 Å². The Hall–Kier alpha value is -2.39. The third-order valence-corrected chi connectivity index (χ3v) is 8.35. The highest BCUT2D eigenvalue weighted by atomic mass is 19.1. The van der Waals surface area contributed by atoms with Gasteiger partial charge in [-0.05, 0) is 56.0 Å². The van der Waals surface area contributed by atoms with E-state index in [1.165, 1.54) is 12.1 Å². The molecule has 7 nitrogen and oxygen atoms in total. The number of benzene rings is 1. The second-order valence-electron chi connectivity index (χ2n) is 12.0. The third-order valence-electron chi connectivity index (χ3n) is 8.35. The van der Waals surface area contributed by atoms with Crippen LogP contribution in [0.1, 0.15) is 50.9 Å². The first kappa shape index (κ1) is 27.2. The van der Waals surface area contributed by atoms with Crippen LogP contribution < -0.4 is 10.2 Å². The van der Waals surface area contributed by atoms with Crippen LogP contribution in [-0.4, -0.2) is 91.3 Å². The first-order valence-electron chi connectivity index (χ1n) is 14.0. The van der Waals surface area contributed by atoms with Gasteiger partial charge >= 0.3 is 0 Å². The number of halogens is 1. The van der Waals surface area contributed by atoms with E-state index in [0.717, 1.165) is 68.3 Å². The van der Waals surface area contributed by atoms with Crippen molar-refractivity contribution < 1.29 is 13.9 Å². The Bertz CT molecular complexity index is 1120. The summed E-state index contributed by atoms with van der Waals surface area (Å²) in [5.41, 5.74) is 3.73. The van der Waals surface area contributed by atoms with Gasteiger partial charge in [-0.1, -0.05) is 26.0 Å². The fraction of sp³-hybridized carbons (Fsp3) is 0.600. The predicted octanol–water partition coefficient (Wildman–Crippen LogP) is 3.21. The number of anilines is 1. The molecule has 0 radical (unpaired) electrons. The van der Waals surface area contributed by atoms with Crippen molar-refractivity contribution in [1.29, 1.82) is 0 Å². The van der Waals surface area contributed by atoms with Gasteiger partial charge in [-0.3, -0.25) is 19.6 Å². The minimum Gasteiger partial charge on any atom is -0.379 e. The number of nitrogens with one attached hydrogen (secondary N) is 1. The molecule has 206 valence electrons. The second kappa shape index (κ2) is 11.4. The largest absolute Gasteiger partial charge is 0.379 e. The van der Waals surface area contributed by atoms with E-state index < -0.39 is 0 Å². The Kier molecular flexibility index (Phi) is 8.14. The van der Waals surface area contributed by atoms with Gasteiger partial charge in [0.05, 0.1) is 31.1 Å².